The molecule has 1 nitrogen and oxygen atoms in total. The number of piperidine rings is 1. The highest BCUT2D eigenvalue weighted by Gasteiger charge is 2.21. The summed E-state index contributed by atoms with van der Waals surface area (Å²) in [6, 6.07) is 6.97. The Hall–Kier alpha value is -0.530. The Bertz CT molecular complexity index is 356. The predicted octanol–water partition coefficient (Wildman–Crippen LogP) is 3.06. The zero-order valence-electron chi connectivity index (χ0n) is 9.67. The summed E-state index contributed by atoms with van der Waals surface area (Å²) in [5, 5.41) is 3.45. The van der Waals surface area contributed by atoms with Crippen molar-refractivity contribution in [2.75, 3.05) is 13.1 Å². The summed E-state index contributed by atoms with van der Waals surface area (Å²) in [5.41, 5.74) is 5.00. The quantitative estimate of drug-likeness (QED) is 0.792. The van der Waals surface area contributed by atoms with Crippen molar-refractivity contribution >= 4 is 12.4 Å². The van der Waals surface area contributed by atoms with Gasteiger partial charge in [-0.3, -0.25) is 0 Å². The zero-order chi connectivity index (χ0) is 10.1. The Morgan fingerprint density at radius 2 is 1.88 bits per heavy atom. The van der Waals surface area contributed by atoms with Crippen LogP contribution in [0.3, 0.4) is 0 Å². The molecular formula is C14H20ClN. The van der Waals surface area contributed by atoms with Crippen LogP contribution in [-0.2, 0) is 12.8 Å². The van der Waals surface area contributed by atoms with Gasteiger partial charge in [-0.15, -0.1) is 12.4 Å². The first kappa shape index (κ1) is 11.9. The topological polar surface area (TPSA) is 12.0 Å². The maximum atomic E-state index is 3.45. The van der Waals surface area contributed by atoms with Crippen molar-refractivity contribution in [3.05, 3.63) is 34.9 Å². The number of fused-ring (bicyclic) bond motifs is 1. The van der Waals surface area contributed by atoms with Gasteiger partial charge in [0.25, 0.3) is 0 Å². The number of hydrogen-bond acceptors (Lipinski definition) is 1. The van der Waals surface area contributed by atoms with Crippen LogP contribution in [0.15, 0.2) is 18.2 Å². The Morgan fingerprint density at radius 1 is 1.06 bits per heavy atom. The van der Waals surface area contributed by atoms with E-state index >= 15 is 0 Å². The van der Waals surface area contributed by atoms with Crippen LogP contribution in [0.25, 0.3) is 0 Å². The minimum absolute atomic E-state index is 0. The van der Waals surface area contributed by atoms with Crippen LogP contribution in [0.5, 0.6) is 0 Å². The van der Waals surface area contributed by atoms with Crippen molar-refractivity contribution in [2.45, 2.75) is 38.0 Å². The summed E-state index contributed by atoms with van der Waals surface area (Å²) >= 11 is 0. The molecule has 2 aliphatic rings. The molecule has 1 saturated heterocycles. The molecule has 1 heterocycles. The Morgan fingerprint density at radius 3 is 2.69 bits per heavy atom. The molecule has 0 radical (unpaired) electrons. The average molecular weight is 238 g/mol. The molecule has 0 atom stereocenters. The van der Waals surface area contributed by atoms with Crippen molar-refractivity contribution in [1.82, 2.24) is 5.32 Å². The molecule has 16 heavy (non-hydrogen) atoms. The fourth-order valence-electron chi connectivity index (χ4n) is 3.16. The summed E-state index contributed by atoms with van der Waals surface area (Å²) in [4.78, 5) is 0. The van der Waals surface area contributed by atoms with Gasteiger partial charge in [0, 0.05) is 0 Å². The molecule has 1 fully saturated rings. The van der Waals surface area contributed by atoms with E-state index in [1.165, 1.54) is 45.2 Å². The molecule has 3 rings (SSSR count). The molecule has 1 aromatic rings. The first-order valence-corrected chi connectivity index (χ1v) is 6.26. The van der Waals surface area contributed by atoms with Gasteiger partial charge in [0.05, 0.1) is 0 Å². The van der Waals surface area contributed by atoms with Gasteiger partial charge in [-0.2, -0.15) is 0 Å². The Kier molecular flexibility index (Phi) is 3.88. The van der Waals surface area contributed by atoms with E-state index in [2.05, 4.69) is 23.5 Å². The van der Waals surface area contributed by atoms with Gasteiger partial charge in [-0.05, 0) is 67.8 Å². The van der Waals surface area contributed by atoms with Crippen molar-refractivity contribution in [3.63, 3.8) is 0 Å². The molecule has 0 aromatic heterocycles. The van der Waals surface area contributed by atoms with Gasteiger partial charge in [0.15, 0.2) is 0 Å². The Balaban J connectivity index is 0.000000963. The third kappa shape index (κ3) is 2.11. The van der Waals surface area contributed by atoms with Crippen LogP contribution in [-0.4, -0.2) is 13.1 Å². The third-order valence-electron chi connectivity index (χ3n) is 3.96. The normalized spacial score (nSPS) is 20.2. The van der Waals surface area contributed by atoms with Gasteiger partial charge in [-0.25, -0.2) is 0 Å². The smallest absolute Gasteiger partial charge is 0.00431 e. The number of hydrogen-bond donors (Lipinski definition) is 1. The van der Waals surface area contributed by atoms with Crippen LogP contribution in [0.4, 0.5) is 0 Å². The molecule has 0 amide bonds. The standard InChI is InChI=1S/C14H19N.ClH/c1-3-11-4-2-6-14(13(11)5-1)12-7-9-15-10-8-12;/h2,4,6,12,15H,1,3,5,7-10H2;1H. The molecule has 1 aliphatic carbocycles. The van der Waals surface area contributed by atoms with Gasteiger partial charge >= 0.3 is 0 Å². The summed E-state index contributed by atoms with van der Waals surface area (Å²) in [6.45, 7) is 2.41. The maximum Gasteiger partial charge on any atom is -0.00431 e. The minimum atomic E-state index is 0. The fraction of sp³-hybridized carbons (Fsp3) is 0.571. The second-order valence-corrected chi connectivity index (χ2v) is 4.86. The van der Waals surface area contributed by atoms with E-state index in [1.807, 2.05) is 0 Å². The second kappa shape index (κ2) is 5.20. The molecule has 0 unspecified atom stereocenters. The summed E-state index contributed by atoms with van der Waals surface area (Å²) < 4.78 is 0. The minimum Gasteiger partial charge on any atom is -0.317 e. The van der Waals surface area contributed by atoms with E-state index < -0.39 is 0 Å². The SMILES string of the molecule is Cl.c1cc2c(c(C3CCNCC3)c1)CCC2. The lowest BCUT2D eigenvalue weighted by atomic mass is 9.86. The molecule has 1 N–H and O–H groups in total. The van der Waals surface area contributed by atoms with Crippen molar-refractivity contribution in [2.24, 2.45) is 0 Å². The van der Waals surface area contributed by atoms with Gasteiger partial charge in [0.1, 0.15) is 0 Å². The van der Waals surface area contributed by atoms with E-state index in [-0.39, 0.29) is 12.4 Å². The largest absolute Gasteiger partial charge is 0.317 e. The monoisotopic (exact) mass is 237 g/mol. The van der Waals surface area contributed by atoms with E-state index in [4.69, 9.17) is 0 Å². The summed E-state index contributed by atoms with van der Waals surface area (Å²) in [5.74, 6) is 0.833. The van der Waals surface area contributed by atoms with E-state index in [0.717, 1.165) is 5.92 Å². The van der Waals surface area contributed by atoms with E-state index in [0.29, 0.717) is 0 Å². The van der Waals surface area contributed by atoms with Gasteiger partial charge in [-0.1, -0.05) is 18.2 Å². The molecule has 1 aromatic carbocycles. The fourth-order valence-corrected chi connectivity index (χ4v) is 3.16. The summed E-state index contributed by atoms with van der Waals surface area (Å²) in [6.07, 6.45) is 6.67. The highest BCUT2D eigenvalue weighted by molar-refractivity contribution is 5.85. The van der Waals surface area contributed by atoms with Gasteiger partial charge in [0.2, 0.25) is 0 Å². The van der Waals surface area contributed by atoms with Gasteiger partial charge < -0.3 is 5.32 Å². The number of benzene rings is 1. The molecule has 0 spiro atoms. The first-order chi connectivity index (χ1) is 7.45. The van der Waals surface area contributed by atoms with E-state index in [9.17, 15) is 0 Å². The number of nitrogens with one attached hydrogen (secondary N) is 1. The lowest BCUT2D eigenvalue weighted by Gasteiger charge is -2.25. The molecule has 2 heteroatoms. The Labute approximate surface area is 104 Å². The molecule has 0 saturated carbocycles. The maximum absolute atomic E-state index is 3.45. The average Bonchev–Trinajstić information content (AvgIpc) is 2.78. The van der Waals surface area contributed by atoms with Crippen molar-refractivity contribution in [1.29, 1.82) is 0 Å². The molecule has 0 bridgehead atoms. The van der Waals surface area contributed by atoms with Crippen LogP contribution in [0.2, 0.25) is 0 Å². The molecular weight excluding hydrogens is 218 g/mol. The van der Waals surface area contributed by atoms with Crippen LogP contribution in [0.1, 0.15) is 41.9 Å². The summed E-state index contributed by atoms with van der Waals surface area (Å²) in [7, 11) is 0. The van der Waals surface area contributed by atoms with Crippen molar-refractivity contribution < 1.29 is 0 Å². The lowest BCUT2D eigenvalue weighted by Crippen LogP contribution is -2.27. The molecule has 88 valence electrons. The number of rotatable bonds is 1. The van der Waals surface area contributed by atoms with Crippen LogP contribution < -0.4 is 5.32 Å². The predicted molar refractivity (Wildman–Crippen MR) is 70.6 cm³/mol. The van der Waals surface area contributed by atoms with Crippen molar-refractivity contribution in [3.8, 4) is 0 Å². The van der Waals surface area contributed by atoms with Crippen LogP contribution in [0, 0.1) is 0 Å². The number of aryl methyl sites for hydroxylation is 1. The second-order valence-electron chi connectivity index (χ2n) is 4.86. The highest BCUT2D eigenvalue weighted by Crippen LogP contribution is 2.33. The first-order valence-electron chi connectivity index (χ1n) is 6.26. The number of halogens is 1. The van der Waals surface area contributed by atoms with E-state index in [1.54, 1.807) is 16.7 Å². The third-order valence-corrected chi connectivity index (χ3v) is 3.96. The molecule has 1 aliphatic heterocycles. The highest BCUT2D eigenvalue weighted by atomic mass is 35.5. The zero-order valence-corrected chi connectivity index (χ0v) is 10.5. The van der Waals surface area contributed by atoms with Crippen LogP contribution >= 0.6 is 12.4 Å². The lowest BCUT2D eigenvalue weighted by molar-refractivity contribution is 0.458.